The van der Waals surface area contributed by atoms with E-state index in [0.717, 1.165) is 22.3 Å². The first-order chi connectivity index (χ1) is 10.8. The fourth-order valence-electron chi connectivity index (χ4n) is 2.40. The molecular weight excluding hydrogens is 274 g/mol. The van der Waals surface area contributed by atoms with Crippen molar-refractivity contribution in [1.82, 2.24) is 4.98 Å². The molecule has 0 aliphatic heterocycles. The summed E-state index contributed by atoms with van der Waals surface area (Å²) >= 11 is 0. The number of ether oxygens (including phenoxy) is 1. The molecule has 0 bridgehead atoms. The van der Waals surface area contributed by atoms with Crippen LogP contribution in [0.4, 0.5) is 0 Å². The van der Waals surface area contributed by atoms with Gasteiger partial charge in [0.1, 0.15) is 0 Å². The quantitative estimate of drug-likeness (QED) is 0.678. The molecule has 3 rings (SSSR count). The van der Waals surface area contributed by atoms with Gasteiger partial charge in [-0.25, -0.2) is 4.79 Å². The first-order valence-corrected chi connectivity index (χ1v) is 6.98. The molecule has 3 nitrogen and oxygen atoms in total. The molecule has 3 aromatic rings. The zero-order valence-corrected chi connectivity index (χ0v) is 12.2. The summed E-state index contributed by atoms with van der Waals surface area (Å²) in [6.07, 6.45) is 3.46. The largest absolute Gasteiger partial charge is 0.465 e. The van der Waals surface area contributed by atoms with Crippen molar-refractivity contribution in [3.8, 4) is 22.3 Å². The number of esters is 1. The maximum Gasteiger partial charge on any atom is 0.338 e. The van der Waals surface area contributed by atoms with E-state index in [1.807, 2.05) is 54.6 Å². The van der Waals surface area contributed by atoms with Crippen LogP contribution in [0.5, 0.6) is 0 Å². The molecule has 2 aromatic carbocycles. The van der Waals surface area contributed by atoms with Crippen LogP contribution in [0.1, 0.15) is 10.4 Å². The van der Waals surface area contributed by atoms with Crippen LogP contribution in [-0.2, 0) is 4.74 Å². The number of methoxy groups -OCH3 is 1. The van der Waals surface area contributed by atoms with Gasteiger partial charge in [0.25, 0.3) is 0 Å². The molecule has 0 aliphatic rings. The van der Waals surface area contributed by atoms with Crippen LogP contribution in [0.2, 0.25) is 0 Å². The third-order valence-corrected chi connectivity index (χ3v) is 3.50. The van der Waals surface area contributed by atoms with Crippen LogP contribution in [-0.4, -0.2) is 18.1 Å². The highest BCUT2D eigenvalue weighted by atomic mass is 16.5. The standard InChI is InChI=1S/C19H15NO2/c1-22-19(21)17-10-9-15(14-6-3-2-4-7-14)12-18(17)16-8-5-11-20-13-16/h2-13H,1H3. The molecule has 0 radical (unpaired) electrons. The number of benzene rings is 2. The Morgan fingerprint density at radius 3 is 2.36 bits per heavy atom. The molecular formula is C19H15NO2. The van der Waals surface area contributed by atoms with Crippen LogP contribution in [0.3, 0.4) is 0 Å². The van der Waals surface area contributed by atoms with Crippen LogP contribution < -0.4 is 0 Å². The molecule has 0 saturated heterocycles. The van der Waals surface area contributed by atoms with E-state index in [-0.39, 0.29) is 5.97 Å². The van der Waals surface area contributed by atoms with Gasteiger partial charge in [0, 0.05) is 18.0 Å². The van der Waals surface area contributed by atoms with Gasteiger partial charge in [-0.05, 0) is 34.9 Å². The van der Waals surface area contributed by atoms with Crippen LogP contribution in [0.15, 0.2) is 73.1 Å². The van der Waals surface area contributed by atoms with Crippen molar-refractivity contribution < 1.29 is 9.53 Å². The molecule has 0 unspecified atom stereocenters. The van der Waals surface area contributed by atoms with Gasteiger partial charge in [-0.3, -0.25) is 4.98 Å². The van der Waals surface area contributed by atoms with E-state index < -0.39 is 0 Å². The number of hydrogen-bond acceptors (Lipinski definition) is 3. The van der Waals surface area contributed by atoms with Gasteiger partial charge in [-0.1, -0.05) is 42.5 Å². The number of pyridine rings is 1. The lowest BCUT2D eigenvalue weighted by atomic mass is 9.95. The Morgan fingerprint density at radius 2 is 1.68 bits per heavy atom. The second-order valence-electron chi connectivity index (χ2n) is 4.86. The molecule has 1 heterocycles. The zero-order valence-electron chi connectivity index (χ0n) is 12.2. The lowest BCUT2D eigenvalue weighted by Gasteiger charge is -2.11. The lowest BCUT2D eigenvalue weighted by molar-refractivity contribution is 0.0601. The summed E-state index contributed by atoms with van der Waals surface area (Å²) < 4.78 is 4.88. The third-order valence-electron chi connectivity index (χ3n) is 3.50. The molecule has 0 atom stereocenters. The Balaban J connectivity index is 2.17. The van der Waals surface area contributed by atoms with Crippen molar-refractivity contribution in [3.05, 3.63) is 78.6 Å². The molecule has 0 N–H and O–H groups in total. The maximum absolute atomic E-state index is 12.0. The first-order valence-electron chi connectivity index (χ1n) is 6.98. The van der Waals surface area contributed by atoms with Gasteiger partial charge in [-0.2, -0.15) is 0 Å². The summed E-state index contributed by atoms with van der Waals surface area (Å²) in [6.45, 7) is 0. The third kappa shape index (κ3) is 2.74. The van der Waals surface area contributed by atoms with E-state index in [2.05, 4.69) is 4.98 Å². The second-order valence-corrected chi connectivity index (χ2v) is 4.86. The molecule has 0 amide bonds. The number of carbonyl (C=O) groups excluding carboxylic acids is 1. The molecule has 0 aliphatic carbocycles. The number of carbonyl (C=O) groups is 1. The van der Waals surface area contributed by atoms with E-state index in [4.69, 9.17) is 4.74 Å². The Morgan fingerprint density at radius 1 is 0.909 bits per heavy atom. The number of rotatable bonds is 3. The Bertz CT molecular complexity index is 783. The summed E-state index contributed by atoms with van der Waals surface area (Å²) in [5.41, 5.74) is 4.40. The van der Waals surface area contributed by atoms with E-state index in [9.17, 15) is 4.79 Å². The molecule has 0 spiro atoms. The zero-order chi connectivity index (χ0) is 15.4. The fourth-order valence-corrected chi connectivity index (χ4v) is 2.40. The molecule has 0 saturated carbocycles. The van der Waals surface area contributed by atoms with Gasteiger partial charge in [0.05, 0.1) is 12.7 Å². The monoisotopic (exact) mass is 289 g/mol. The van der Waals surface area contributed by atoms with Crippen molar-refractivity contribution in [2.75, 3.05) is 7.11 Å². The normalized spacial score (nSPS) is 10.2. The van der Waals surface area contributed by atoms with E-state index in [0.29, 0.717) is 5.56 Å². The van der Waals surface area contributed by atoms with Gasteiger partial charge in [0.15, 0.2) is 0 Å². The molecule has 22 heavy (non-hydrogen) atoms. The molecule has 3 heteroatoms. The highest BCUT2D eigenvalue weighted by Gasteiger charge is 2.14. The van der Waals surface area contributed by atoms with Crippen molar-refractivity contribution in [2.24, 2.45) is 0 Å². The van der Waals surface area contributed by atoms with Gasteiger partial charge < -0.3 is 4.74 Å². The first kappa shape index (κ1) is 14.0. The lowest BCUT2D eigenvalue weighted by Crippen LogP contribution is -2.03. The van der Waals surface area contributed by atoms with Crippen molar-refractivity contribution in [1.29, 1.82) is 0 Å². The molecule has 108 valence electrons. The minimum Gasteiger partial charge on any atom is -0.465 e. The summed E-state index contributed by atoms with van der Waals surface area (Å²) in [5, 5.41) is 0. The van der Waals surface area contributed by atoms with Crippen LogP contribution in [0.25, 0.3) is 22.3 Å². The van der Waals surface area contributed by atoms with Crippen LogP contribution >= 0.6 is 0 Å². The number of nitrogens with zero attached hydrogens (tertiary/aromatic N) is 1. The smallest absolute Gasteiger partial charge is 0.338 e. The van der Waals surface area contributed by atoms with E-state index in [1.165, 1.54) is 7.11 Å². The predicted molar refractivity (Wildman–Crippen MR) is 86.4 cm³/mol. The predicted octanol–water partition coefficient (Wildman–Crippen LogP) is 4.20. The van der Waals surface area contributed by atoms with Crippen molar-refractivity contribution in [3.63, 3.8) is 0 Å². The SMILES string of the molecule is COC(=O)c1ccc(-c2ccccc2)cc1-c1cccnc1. The highest BCUT2D eigenvalue weighted by molar-refractivity contribution is 5.98. The second kappa shape index (κ2) is 6.22. The van der Waals surface area contributed by atoms with Gasteiger partial charge in [-0.15, -0.1) is 0 Å². The molecule has 0 fully saturated rings. The number of aromatic nitrogens is 1. The summed E-state index contributed by atoms with van der Waals surface area (Å²) in [4.78, 5) is 16.2. The average molecular weight is 289 g/mol. The van der Waals surface area contributed by atoms with Crippen LogP contribution in [0, 0.1) is 0 Å². The Labute approximate surface area is 129 Å². The summed E-state index contributed by atoms with van der Waals surface area (Å²) in [5.74, 6) is -0.349. The van der Waals surface area contributed by atoms with Gasteiger partial charge >= 0.3 is 5.97 Å². The molecule has 1 aromatic heterocycles. The summed E-state index contributed by atoms with van der Waals surface area (Å²) in [7, 11) is 1.39. The fraction of sp³-hybridized carbons (Fsp3) is 0.0526. The van der Waals surface area contributed by atoms with E-state index in [1.54, 1.807) is 18.5 Å². The maximum atomic E-state index is 12.0. The highest BCUT2D eigenvalue weighted by Crippen LogP contribution is 2.29. The van der Waals surface area contributed by atoms with Crippen molar-refractivity contribution in [2.45, 2.75) is 0 Å². The van der Waals surface area contributed by atoms with Gasteiger partial charge in [0.2, 0.25) is 0 Å². The number of hydrogen-bond donors (Lipinski definition) is 0. The van der Waals surface area contributed by atoms with E-state index >= 15 is 0 Å². The minimum atomic E-state index is -0.349. The minimum absolute atomic E-state index is 0.349. The Kier molecular flexibility index (Phi) is 3.97. The average Bonchev–Trinajstić information content (AvgIpc) is 2.62. The Hall–Kier alpha value is -2.94. The van der Waals surface area contributed by atoms with Crippen molar-refractivity contribution >= 4 is 5.97 Å². The topological polar surface area (TPSA) is 39.2 Å². The summed E-state index contributed by atoms with van der Waals surface area (Å²) in [6, 6.07) is 19.6.